The Bertz CT molecular complexity index is 1490. The van der Waals surface area contributed by atoms with Crippen LogP contribution in [0.1, 0.15) is 58.3 Å². The van der Waals surface area contributed by atoms with E-state index >= 15 is 0 Å². The summed E-state index contributed by atoms with van der Waals surface area (Å²) in [7, 11) is -1.13. The van der Waals surface area contributed by atoms with Gasteiger partial charge in [-0.05, 0) is 50.5 Å². The van der Waals surface area contributed by atoms with Crippen molar-refractivity contribution >= 4 is 51.6 Å². The summed E-state index contributed by atoms with van der Waals surface area (Å²) in [6.45, 7) is 3.52. The van der Waals surface area contributed by atoms with Crippen molar-refractivity contribution in [2.24, 2.45) is 0 Å². The molecule has 3 heterocycles. The number of halogens is 4. The number of rotatable bonds is 7. The smallest absolute Gasteiger partial charge is 0.293 e. The molecule has 1 saturated heterocycles. The van der Waals surface area contributed by atoms with E-state index in [0.717, 1.165) is 6.07 Å². The highest BCUT2D eigenvalue weighted by Crippen LogP contribution is 2.46. The van der Waals surface area contributed by atoms with Gasteiger partial charge in [-0.15, -0.1) is 0 Å². The highest BCUT2D eigenvalue weighted by molar-refractivity contribution is 7.86. The Labute approximate surface area is 234 Å². The molecular formula is C26H26ClF3N4O5S. The number of fused-ring (bicyclic) bond motifs is 1. The molecule has 1 aromatic heterocycles. The van der Waals surface area contributed by atoms with E-state index in [1.54, 1.807) is 11.5 Å². The molecular weight excluding hydrogens is 573 g/mol. The van der Waals surface area contributed by atoms with Gasteiger partial charge in [-0.25, -0.2) is 13.2 Å². The van der Waals surface area contributed by atoms with Crippen LogP contribution in [0.4, 0.5) is 18.9 Å². The molecule has 214 valence electrons. The van der Waals surface area contributed by atoms with E-state index in [2.05, 4.69) is 16.0 Å². The van der Waals surface area contributed by atoms with Crippen LogP contribution in [0.25, 0.3) is 0 Å². The van der Waals surface area contributed by atoms with Crippen LogP contribution in [0.5, 0.6) is 0 Å². The number of carbonyl (C=O) groups is 4. The summed E-state index contributed by atoms with van der Waals surface area (Å²) in [5, 5.41) is 7.29. The molecule has 9 nitrogen and oxygen atoms in total. The topological polar surface area (TPSA) is 126 Å². The van der Waals surface area contributed by atoms with Crippen molar-refractivity contribution in [2.75, 3.05) is 16.8 Å². The van der Waals surface area contributed by atoms with E-state index < -0.39 is 70.0 Å². The summed E-state index contributed by atoms with van der Waals surface area (Å²) in [4.78, 5) is 52.8. The van der Waals surface area contributed by atoms with E-state index in [1.807, 2.05) is 0 Å². The van der Waals surface area contributed by atoms with Crippen LogP contribution < -0.4 is 16.0 Å². The Hall–Kier alpha value is -3.19. The van der Waals surface area contributed by atoms with Crippen LogP contribution >= 0.6 is 11.6 Å². The molecule has 0 bridgehead atoms. The number of alkyl halides is 2. The van der Waals surface area contributed by atoms with Crippen molar-refractivity contribution in [1.82, 2.24) is 15.2 Å². The lowest BCUT2D eigenvalue weighted by Crippen LogP contribution is -2.74. The van der Waals surface area contributed by atoms with Gasteiger partial charge in [0.2, 0.25) is 5.91 Å². The molecule has 1 aliphatic carbocycles. The fourth-order valence-electron chi connectivity index (χ4n) is 5.74. The number of hydrogen-bond acceptors (Lipinski definition) is 5. The third kappa shape index (κ3) is 4.93. The number of hydrogen-bond donors (Lipinski definition) is 3. The molecule has 2 aromatic rings. The Morgan fingerprint density at radius 2 is 1.77 bits per heavy atom. The number of Topliss-reactive ketones (excluding diaryl/α,β-unsaturated/α-hetero) is 1. The predicted octanol–water partition coefficient (Wildman–Crippen LogP) is 2.89. The van der Waals surface area contributed by atoms with E-state index in [4.69, 9.17) is 11.6 Å². The highest BCUT2D eigenvalue weighted by atomic mass is 35.5. The minimum Gasteiger partial charge on any atom is -0.347 e. The minimum atomic E-state index is -3.21. The van der Waals surface area contributed by atoms with Gasteiger partial charge in [0.15, 0.2) is 0 Å². The Morgan fingerprint density at radius 3 is 2.38 bits per heavy atom. The molecule has 0 spiro atoms. The van der Waals surface area contributed by atoms with Crippen LogP contribution in [-0.2, 0) is 33.4 Å². The maximum atomic E-state index is 14.0. The first-order chi connectivity index (χ1) is 18.6. The Kier molecular flexibility index (Phi) is 6.89. The standard InChI is InChI=1S/C26H26ClF3N4O5S/c1-13-18(17-4-3-7-34(17)19(13)21(36)31-14-5-6-16(28)15(27)8-14)20(35)22(37)32-25(9-26(29,30)10-25)23(38)33-24(2)11-40(39)12-24/h5-6,8H,3-4,7,9-12H2,1-2H3,(H,31,36)(H,32,37)(H,33,38). The normalized spacial score (nSPS) is 23.8. The van der Waals surface area contributed by atoms with Gasteiger partial charge in [0.25, 0.3) is 23.5 Å². The molecule has 0 radical (unpaired) electrons. The molecule has 1 saturated carbocycles. The fourth-order valence-corrected chi connectivity index (χ4v) is 7.40. The summed E-state index contributed by atoms with van der Waals surface area (Å²) in [6, 6.07) is 3.65. The average Bonchev–Trinajstić information content (AvgIpc) is 3.38. The number of aromatic nitrogens is 1. The van der Waals surface area contributed by atoms with Crippen molar-refractivity contribution in [3.05, 3.63) is 51.6 Å². The number of amides is 3. The summed E-state index contributed by atoms with van der Waals surface area (Å²) in [5.74, 6) is -7.32. The Morgan fingerprint density at radius 1 is 1.10 bits per heavy atom. The monoisotopic (exact) mass is 598 g/mol. The predicted molar refractivity (Wildman–Crippen MR) is 141 cm³/mol. The first-order valence-electron chi connectivity index (χ1n) is 12.5. The van der Waals surface area contributed by atoms with Crippen LogP contribution in [0.15, 0.2) is 18.2 Å². The van der Waals surface area contributed by atoms with Crippen molar-refractivity contribution in [3.8, 4) is 0 Å². The highest BCUT2D eigenvalue weighted by Gasteiger charge is 2.63. The summed E-state index contributed by atoms with van der Waals surface area (Å²) in [5.41, 5.74) is -1.89. The molecule has 2 fully saturated rings. The van der Waals surface area contributed by atoms with Gasteiger partial charge in [-0.1, -0.05) is 11.6 Å². The molecule has 3 aliphatic rings. The van der Waals surface area contributed by atoms with E-state index in [0.29, 0.717) is 25.1 Å². The molecule has 5 rings (SSSR count). The Balaban J connectivity index is 1.39. The van der Waals surface area contributed by atoms with Crippen LogP contribution in [-0.4, -0.2) is 60.8 Å². The van der Waals surface area contributed by atoms with Crippen molar-refractivity contribution in [3.63, 3.8) is 0 Å². The number of nitrogens with zero attached hydrogens (tertiary/aromatic N) is 1. The first-order valence-corrected chi connectivity index (χ1v) is 14.4. The van der Waals surface area contributed by atoms with Crippen LogP contribution in [0.2, 0.25) is 5.02 Å². The van der Waals surface area contributed by atoms with Crippen molar-refractivity contribution in [1.29, 1.82) is 0 Å². The van der Waals surface area contributed by atoms with E-state index in [1.165, 1.54) is 19.1 Å². The molecule has 3 amide bonds. The van der Waals surface area contributed by atoms with Gasteiger partial charge >= 0.3 is 0 Å². The third-order valence-electron chi connectivity index (χ3n) is 7.52. The second kappa shape index (κ2) is 9.72. The fraction of sp³-hybridized carbons (Fsp3) is 0.462. The van der Waals surface area contributed by atoms with Crippen LogP contribution in [0.3, 0.4) is 0 Å². The van der Waals surface area contributed by atoms with Gasteiger partial charge in [0, 0.05) is 53.1 Å². The van der Waals surface area contributed by atoms with Gasteiger partial charge < -0.3 is 20.5 Å². The molecule has 3 N–H and O–H groups in total. The lowest BCUT2D eigenvalue weighted by molar-refractivity contribution is -0.166. The maximum absolute atomic E-state index is 14.0. The van der Waals surface area contributed by atoms with Gasteiger partial charge in [-0.2, -0.15) is 0 Å². The van der Waals surface area contributed by atoms with E-state index in [-0.39, 0.29) is 39.0 Å². The number of ketones is 1. The lowest BCUT2D eigenvalue weighted by atomic mass is 9.72. The molecule has 0 atom stereocenters. The second-order valence-electron chi connectivity index (χ2n) is 11.0. The zero-order chi connectivity index (χ0) is 29.2. The minimum absolute atomic E-state index is 0.0275. The maximum Gasteiger partial charge on any atom is 0.293 e. The number of anilines is 1. The van der Waals surface area contributed by atoms with Gasteiger partial charge in [-0.3, -0.25) is 23.4 Å². The number of benzene rings is 1. The molecule has 0 unspecified atom stereocenters. The first kappa shape index (κ1) is 28.3. The average molecular weight is 599 g/mol. The van der Waals surface area contributed by atoms with Crippen LogP contribution in [0, 0.1) is 12.7 Å². The molecule has 14 heteroatoms. The van der Waals surface area contributed by atoms with Gasteiger partial charge in [0.1, 0.15) is 17.1 Å². The number of nitrogens with one attached hydrogen (secondary N) is 3. The summed E-state index contributed by atoms with van der Waals surface area (Å²) >= 11 is 5.80. The van der Waals surface area contributed by atoms with Gasteiger partial charge in [0.05, 0.1) is 16.1 Å². The quantitative estimate of drug-likeness (QED) is 0.334. The van der Waals surface area contributed by atoms with E-state index in [9.17, 15) is 36.6 Å². The molecule has 2 aliphatic heterocycles. The van der Waals surface area contributed by atoms with Crippen molar-refractivity contribution < 1.29 is 36.6 Å². The lowest BCUT2D eigenvalue weighted by Gasteiger charge is -2.48. The second-order valence-corrected chi connectivity index (χ2v) is 12.8. The zero-order valence-corrected chi connectivity index (χ0v) is 23.2. The molecule has 40 heavy (non-hydrogen) atoms. The number of carbonyl (C=O) groups excluding carboxylic acids is 4. The largest absolute Gasteiger partial charge is 0.347 e. The summed E-state index contributed by atoms with van der Waals surface area (Å²) in [6.07, 6.45) is -0.974. The summed E-state index contributed by atoms with van der Waals surface area (Å²) < 4.78 is 54.6. The zero-order valence-electron chi connectivity index (χ0n) is 21.6. The third-order valence-corrected chi connectivity index (χ3v) is 9.73. The SMILES string of the molecule is Cc1c(C(=O)C(=O)NC2(C(=O)NC3(C)CS(=O)C3)CC(F)(F)C2)c2n(c1C(=O)Nc1ccc(F)c(Cl)c1)CCC2. The molecule has 1 aromatic carbocycles. The van der Waals surface area contributed by atoms with Crippen molar-refractivity contribution in [2.45, 2.75) is 63.1 Å².